The Morgan fingerprint density at radius 1 is 1.08 bits per heavy atom. The lowest BCUT2D eigenvalue weighted by molar-refractivity contribution is -0.130. The van der Waals surface area contributed by atoms with E-state index >= 15 is 0 Å². The molecule has 0 aliphatic carbocycles. The molecule has 0 bridgehead atoms. The second kappa shape index (κ2) is 8.76. The maximum absolute atomic E-state index is 12.8. The van der Waals surface area contributed by atoms with Crippen molar-refractivity contribution in [1.82, 2.24) is 15.2 Å². The van der Waals surface area contributed by atoms with E-state index in [9.17, 15) is 14.0 Å². The predicted octanol–water partition coefficient (Wildman–Crippen LogP) is 1.93. The summed E-state index contributed by atoms with van der Waals surface area (Å²) in [5.74, 6) is -0.541. The Hall–Kier alpha value is -2.76. The molecule has 6 heteroatoms. The molecule has 24 heavy (non-hydrogen) atoms. The molecule has 2 amide bonds. The Morgan fingerprint density at radius 2 is 1.75 bits per heavy atom. The van der Waals surface area contributed by atoms with Crippen LogP contribution in [0.3, 0.4) is 0 Å². The first-order valence-corrected chi connectivity index (χ1v) is 7.70. The van der Waals surface area contributed by atoms with Crippen LogP contribution in [0.1, 0.15) is 18.1 Å². The summed E-state index contributed by atoms with van der Waals surface area (Å²) >= 11 is 0. The maximum atomic E-state index is 12.8. The fourth-order valence-electron chi connectivity index (χ4n) is 2.24. The third-order valence-corrected chi connectivity index (χ3v) is 3.55. The average molecular weight is 329 g/mol. The molecule has 1 aromatic heterocycles. The largest absolute Gasteiger partial charge is 0.354 e. The number of carbonyl (C=O) groups is 2. The lowest BCUT2D eigenvalue weighted by atomic mass is 10.1. The summed E-state index contributed by atoms with van der Waals surface area (Å²) < 4.78 is 12.8. The first kappa shape index (κ1) is 17.6. The van der Waals surface area contributed by atoms with E-state index in [1.165, 1.54) is 19.1 Å². The van der Waals surface area contributed by atoms with E-state index in [0.717, 1.165) is 11.1 Å². The predicted molar refractivity (Wildman–Crippen MR) is 88.4 cm³/mol. The van der Waals surface area contributed by atoms with Crippen LogP contribution in [0.5, 0.6) is 0 Å². The number of pyridine rings is 1. The summed E-state index contributed by atoms with van der Waals surface area (Å²) in [5, 5.41) is 2.78. The third-order valence-electron chi connectivity index (χ3n) is 3.55. The van der Waals surface area contributed by atoms with E-state index in [1.807, 2.05) is 12.1 Å². The van der Waals surface area contributed by atoms with Crippen molar-refractivity contribution >= 4 is 11.8 Å². The molecule has 1 aromatic carbocycles. The van der Waals surface area contributed by atoms with Crippen molar-refractivity contribution in [3.8, 4) is 0 Å². The van der Waals surface area contributed by atoms with Gasteiger partial charge in [0.1, 0.15) is 5.82 Å². The maximum Gasteiger partial charge on any atom is 0.224 e. The number of amides is 2. The second-order valence-electron chi connectivity index (χ2n) is 5.45. The van der Waals surface area contributed by atoms with Crippen LogP contribution in [-0.2, 0) is 22.6 Å². The number of nitrogens with zero attached hydrogens (tertiary/aromatic N) is 2. The highest BCUT2D eigenvalue weighted by Gasteiger charge is 2.10. The van der Waals surface area contributed by atoms with Gasteiger partial charge in [0.15, 0.2) is 0 Å². The molecule has 1 heterocycles. The summed E-state index contributed by atoms with van der Waals surface area (Å²) in [6.07, 6.45) is 3.54. The second-order valence-corrected chi connectivity index (χ2v) is 5.45. The van der Waals surface area contributed by atoms with E-state index in [2.05, 4.69) is 10.3 Å². The topological polar surface area (TPSA) is 62.3 Å². The molecule has 1 N–H and O–H groups in total. The van der Waals surface area contributed by atoms with Crippen LogP contribution in [-0.4, -0.2) is 34.8 Å². The molecule has 0 saturated heterocycles. The fourth-order valence-corrected chi connectivity index (χ4v) is 2.24. The van der Waals surface area contributed by atoms with E-state index in [-0.39, 0.29) is 24.1 Å². The van der Waals surface area contributed by atoms with Crippen LogP contribution in [0.15, 0.2) is 48.8 Å². The zero-order chi connectivity index (χ0) is 17.4. The van der Waals surface area contributed by atoms with E-state index in [1.54, 1.807) is 29.4 Å². The number of hydrogen-bond donors (Lipinski definition) is 1. The molecule has 5 nitrogen and oxygen atoms in total. The van der Waals surface area contributed by atoms with Gasteiger partial charge in [0.25, 0.3) is 0 Å². The SMILES string of the molecule is CC(=O)N(CCNC(=O)Cc1ccc(F)cc1)Cc1ccncc1. The fraction of sp³-hybridized carbons (Fsp3) is 0.278. The first-order valence-electron chi connectivity index (χ1n) is 7.70. The van der Waals surface area contributed by atoms with Gasteiger partial charge in [-0.05, 0) is 35.4 Å². The minimum Gasteiger partial charge on any atom is -0.354 e. The van der Waals surface area contributed by atoms with Crippen LogP contribution >= 0.6 is 0 Å². The molecule has 0 fully saturated rings. The molecule has 0 aliphatic heterocycles. The lowest BCUT2D eigenvalue weighted by Gasteiger charge is -2.21. The van der Waals surface area contributed by atoms with Gasteiger partial charge in [-0.15, -0.1) is 0 Å². The smallest absolute Gasteiger partial charge is 0.224 e. The number of aromatic nitrogens is 1. The summed E-state index contributed by atoms with van der Waals surface area (Å²) in [5.41, 5.74) is 1.73. The number of rotatable bonds is 7. The third kappa shape index (κ3) is 5.79. The number of benzene rings is 1. The highest BCUT2D eigenvalue weighted by atomic mass is 19.1. The van der Waals surface area contributed by atoms with E-state index in [4.69, 9.17) is 0 Å². The summed E-state index contributed by atoms with van der Waals surface area (Å²) in [7, 11) is 0. The van der Waals surface area contributed by atoms with Gasteiger partial charge in [-0.3, -0.25) is 14.6 Å². The number of carbonyl (C=O) groups excluding carboxylic acids is 2. The van der Waals surface area contributed by atoms with Crippen LogP contribution in [0, 0.1) is 5.82 Å². The lowest BCUT2D eigenvalue weighted by Crippen LogP contribution is -2.37. The van der Waals surface area contributed by atoms with Gasteiger partial charge < -0.3 is 10.2 Å². The van der Waals surface area contributed by atoms with Crippen molar-refractivity contribution in [1.29, 1.82) is 0 Å². The quantitative estimate of drug-likeness (QED) is 0.844. The van der Waals surface area contributed by atoms with Crippen molar-refractivity contribution in [3.05, 3.63) is 65.7 Å². The van der Waals surface area contributed by atoms with Crippen molar-refractivity contribution < 1.29 is 14.0 Å². The monoisotopic (exact) mass is 329 g/mol. The van der Waals surface area contributed by atoms with Gasteiger partial charge >= 0.3 is 0 Å². The molecule has 2 aromatic rings. The van der Waals surface area contributed by atoms with Gasteiger partial charge in [0, 0.05) is 39.0 Å². The number of halogens is 1. The van der Waals surface area contributed by atoms with Gasteiger partial charge in [0.2, 0.25) is 11.8 Å². The zero-order valence-corrected chi connectivity index (χ0v) is 13.5. The number of hydrogen-bond acceptors (Lipinski definition) is 3. The molecule has 2 rings (SSSR count). The van der Waals surface area contributed by atoms with Crippen molar-refractivity contribution in [2.24, 2.45) is 0 Å². The molecule has 0 spiro atoms. The molecule has 0 saturated carbocycles. The Balaban J connectivity index is 1.78. The average Bonchev–Trinajstić information content (AvgIpc) is 2.57. The van der Waals surface area contributed by atoms with Crippen LogP contribution in [0.4, 0.5) is 4.39 Å². The van der Waals surface area contributed by atoms with E-state index < -0.39 is 0 Å². The summed E-state index contributed by atoms with van der Waals surface area (Å²) in [6.45, 7) is 2.77. The highest BCUT2D eigenvalue weighted by Crippen LogP contribution is 2.04. The van der Waals surface area contributed by atoms with Gasteiger partial charge in [0.05, 0.1) is 6.42 Å². The van der Waals surface area contributed by atoms with Crippen LogP contribution in [0.25, 0.3) is 0 Å². The highest BCUT2D eigenvalue weighted by molar-refractivity contribution is 5.78. The molecule has 0 aliphatic rings. The first-order chi connectivity index (χ1) is 11.5. The molecule has 0 unspecified atom stereocenters. The Morgan fingerprint density at radius 3 is 2.38 bits per heavy atom. The normalized spacial score (nSPS) is 10.2. The molecule has 0 radical (unpaired) electrons. The Labute approximate surface area is 140 Å². The van der Waals surface area contributed by atoms with E-state index in [0.29, 0.717) is 19.6 Å². The summed E-state index contributed by atoms with van der Waals surface area (Å²) in [6, 6.07) is 9.52. The van der Waals surface area contributed by atoms with Gasteiger partial charge in [-0.25, -0.2) is 4.39 Å². The molecular formula is C18H20FN3O2. The number of nitrogens with one attached hydrogen (secondary N) is 1. The van der Waals surface area contributed by atoms with Crippen molar-refractivity contribution in [2.75, 3.05) is 13.1 Å². The summed E-state index contributed by atoms with van der Waals surface area (Å²) in [4.78, 5) is 29.2. The molecule has 126 valence electrons. The standard InChI is InChI=1S/C18H20FN3O2/c1-14(23)22(13-16-6-8-20-9-7-16)11-10-21-18(24)12-15-2-4-17(19)5-3-15/h2-9H,10-13H2,1H3,(H,21,24). The zero-order valence-electron chi connectivity index (χ0n) is 13.5. The minimum absolute atomic E-state index is 0.0559. The van der Waals surface area contributed by atoms with Crippen molar-refractivity contribution in [3.63, 3.8) is 0 Å². The minimum atomic E-state index is -0.327. The van der Waals surface area contributed by atoms with Gasteiger partial charge in [-0.2, -0.15) is 0 Å². The van der Waals surface area contributed by atoms with Gasteiger partial charge in [-0.1, -0.05) is 12.1 Å². The Bertz CT molecular complexity index is 674. The van der Waals surface area contributed by atoms with Crippen LogP contribution < -0.4 is 5.32 Å². The molecular weight excluding hydrogens is 309 g/mol. The van der Waals surface area contributed by atoms with Crippen molar-refractivity contribution in [2.45, 2.75) is 19.9 Å². The molecule has 0 atom stereocenters. The Kier molecular flexibility index (Phi) is 6.42. The van der Waals surface area contributed by atoms with Crippen LogP contribution in [0.2, 0.25) is 0 Å².